The van der Waals surface area contributed by atoms with Gasteiger partial charge < -0.3 is 9.84 Å². The molecule has 15 heavy (non-hydrogen) atoms. The number of aliphatic hydroxyl groups is 1. The van der Waals surface area contributed by atoms with Crippen molar-refractivity contribution < 1.29 is 14.6 Å². The molecule has 0 spiro atoms. The molecule has 1 unspecified atom stereocenters. The fourth-order valence-corrected chi connectivity index (χ4v) is 1.32. The molecule has 0 amide bonds. The highest BCUT2D eigenvalue weighted by Crippen LogP contribution is 2.13. The van der Waals surface area contributed by atoms with Gasteiger partial charge in [0.15, 0.2) is 0 Å². The molecule has 1 rings (SSSR count). The number of rotatable bonds is 5. The standard InChI is InChI=1S/C12H16O3/c1-2-6-10(9-13)12(14)15-11-7-4-3-5-8-11/h3-5,7-8,10,13H,2,6,9H2,1H3. The highest BCUT2D eigenvalue weighted by atomic mass is 16.5. The van der Waals surface area contributed by atoms with E-state index in [1.807, 2.05) is 13.0 Å². The van der Waals surface area contributed by atoms with Gasteiger partial charge in [-0.05, 0) is 18.6 Å². The molecule has 0 saturated heterocycles. The normalized spacial score (nSPS) is 12.1. The molecule has 0 aliphatic heterocycles. The predicted octanol–water partition coefficient (Wildman–Crippen LogP) is 2.00. The summed E-state index contributed by atoms with van der Waals surface area (Å²) in [5.41, 5.74) is 0. The molecule has 82 valence electrons. The van der Waals surface area contributed by atoms with Gasteiger partial charge in [0.2, 0.25) is 0 Å². The lowest BCUT2D eigenvalue weighted by atomic mass is 10.1. The minimum Gasteiger partial charge on any atom is -0.426 e. The number of carbonyl (C=O) groups excluding carboxylic acids is 1. The van der Waals surface area contributed by atoms with Crippen molar-refractivity contribution in [3.05, 3.63) is 30.3 Å². The van der Waals surface area contributed by atoms with E-state index in [4.69, 9.17) is 9.84 Å². The number of ether oxygens (including phenoxy) is 1. The quantitative estimate of drug-likeness (QED) is 0.594. The first kappa shape index (κ1) is 11.7. The van der Waals surface area contributed by atoms with Gasteiger partial charge in [-0.3, -0.25) is 4.79 Å². The lowest BCUT2D eigenvalue weighted by molar-refractivity contribution is -0.140. The molecular formula is C12H16O3. The highest BCUT2D eigenvalue weighted by molar-refractivity contribution is 5.75. The molecule has 0 aromatic heterocycles. The monoisotopic (exact) mass is 208 g/mol. The number of esters is 1. The molecule has 3 heteroatoms. The van der Waals surface area contributed by atoms with Crippen molar-refractivity contribution in [1.82, 2.24) is 0 Å². The molecule has 3 nitrogen and oxygen atoms in total. The number of benzene rings is 1. The first-order chi connectivity index (χ1) is 7.27. The van der Waals surface area contributed by atoms with Crippen molar-refractivity contribution in [2.75, 3.05) is 6.61 Å². The minimum atomic E-state index is -0.407. The van der Waals surface area contributed by atoms with E-state index in [9.17, 15) is 4.79 Å². The van der Waals surface area contributed by atoms with Crippen LogP contribution in [0.1, 0.15) is 19.8 Å². The first-order valence-corrected chi connectivity index (χ1v) is 5.15. The van der Waals surface area contributed by atoms with E-state index in [1.165, 1.54) is 0 Å². The van der Waals surface area contributed by atoms with Crippen LogP contribution in [0.4, 0.5) is 0 Å². The Hall–Kier alpha value is -1.35. The van der Waals surface area contributed by atoms with Crippen LogP contribution in [0.5, 0.6) is 5.75 Å². The van der Waals surface area contributed by atoms with Crippen LogP contribution < -0.4 is 4.74 Å². The molecule has 0 radical (unpaired) electrons. The lowest BCUT2D eigenvalue weighted by Gasteiger charge is -2.11. The second-order valence-electron chi connectivity index (χ2n) is 3.40. The Morgan fingerprint density at radius 2 is 2.07 bits per heavy atom. The average molecular weight is 208 g/mol. The highest BCUT2D eigenvalue weighted by Gasteiger charge is 2.18. The zero-order valence-corrected chi connectivity index (χ0v) is 8.85. The topological polar surface area (TPSA) is 46.5 Å². The Balaban J connectivity index is 2.54. The maximum Gasteiger partial charge on any atom is 0.316 e. The Labute approximate surface area is 89.7 Å². The summed E-state index contributed by atoms with van der Waals surface area (Å²) < 4.78 is 5.12. The second kappa shape index (κ2) is 6.19. The second-order valence-corrected chi connectivity index (χ2v) is 3.40. The molecular weight excluding hydrogens is 192 g/mol. The fourth-order valence-electron chi connectivity index (χ4n) is 1.32. The number of carbonyl (C=O) groups is 1. The lowest BCUT2D eigenvalue weighted by Crippen LogP contribution is -2.23. The molecule has 0 aliphatic rings. The van der Waals surface area contributed by atoms with Gasteiger partial charge in [-0.25, -0.2) is 0 Å². The van der Waals surface area contributed by atoms with Gasteiger partial charge in [-0.15, -0.1) is 0 Å². The van der Waals surface area contributed by atoms with Crippen LogP contribution in [0.25, 0.3) is 0 Å². The summed E-state index contributed by atoms with van der Waals surface area (Å²) in [6.07, 6.45) is 1.51. The summed E-state index contributed by atoms with van der Waals surface area (Å²) >= 11 is 0. The van der Waals surface area contributed by atoms with Crippen LogP contribution in [-0.4, -0.2) is 17.7 Å². The Morgan fingerprint density at radius 3 is 2.60 bits per heavy atom. The van der Waals surface area contributed by atoms with Gasteiger partial charge in [0.1, 0.15) is 5.75 Å². The van der Waals surface area contributed by atoms with Crippen LogP contribution in [0.15, 0.2) is 30.3 Å². The van der Waals surface area contributed by atoms with Crippen molar-refractivity contribution in [2.45, 2.75) is 19.8 Å². The molecule has 1 aromatic rings. The third-order valence-corrected chi connectivity index (χ3v) is 2.15. The number of para-hydroxylation sites is 1. The van der Waals surface area contributed by atoms with Gasteiger partial charge in [-0.1, -0.05) is 31.5 Å². The van der Waals surface area contributed by atoms with E-state index in [0.29, 0.717) is 12.2 Å². The SMILES string of the molecule is CCCC(CO)C(=O)Oc1ccccc1. The van der Waals surface area contributed by atoms with Crippen molar-refractivity contribution in [2.24, 2.45) is 5.92 Å². The fraction of sp³-hybridized carbons (Fsp3) is 0.417. The Kier molecular flexibility index (Phi) is 4.84. The van der Waals surface area contributed by atoms with Gasteiger partial charge >= 0.3 is 5.97 Å². The molecule has 1 N–H and O–H groups in total. The van der Waals surface area contributed by atoms with Gasteiger partial charge in [0.25, 0.3) is 0 Å². The van der Waals surface area contributed by atoms with Crippen LogP contribution in [0.3, 0.4) is 0 Å². The first-order valence-electron chi connectivity index (χ1n) is 5.15. The number of aliphatic hydroxyl groups excluding tert-OH is 1. The molecule has 0 heterocycles. The zero-order chi connectivity index (χ0) is 11.1. The van der Waals surface area contributed by atoms with Gasteiger partial charge in [0, 0.05) is 0 Å². The van der Waals surface area contributed by atoms with E-state index in [2.05, 4.69) is 0 Å². The third kappa shape index (κ3) is 3.72. The van der Waals surface area contributed by atoms with Crippen LogP contribution in [0, 0.1) is 5.92 Å². The van der Waals surface area contributed by atoms with E-state index in [-0.39, 0.29) is 12.6 Å². The van der Waals surface area contributed by atoms with E-state index < -0.39 is 5.92 Å². The van der Waals surface area contributed by atoms with Crippen LogP contribution in [-0.2, 0) is 4.79 Å². The molecule has 0 saturated carbocycles. The molecule has 0 fully saturated rings. The number of hydrogen-bond acceptors (Lipinski definition) is 3. The smallest absolute Gasteiger partial charge is 0.316 e. The van der Waals surface area contributed by atoms with Gasteiger partial charge in [-0.2, -0.15) is 0 Å². The Morgan fingerprint density at radius 1 is 1.40 bits per heavy atom. The van der Waals surface area contributed by atoms with Gasteiger partial charge in [0.05, 0.1) is 12.5 Å². The maximum atomic E-state index is 11.6. The molecule has 0 bridgehead atoms. The van der Waals surface area contributed by atoms with Crippen LogP contribution >= 0.6 is 0 Å². The third-order valence-electron chi connectivity index (χ3n) is 2.15. The van der Waals surface area contributed by atoms with E-state index in [0.717, 1.165) is 6.42 Å². The predicted molar refractivity (Wildman–Crippen MR) is 57.6 cm³/mol. The molecule has 1 aromatic carbocycles. The summed E-state index contributed by atoms with van der Waals surface area (Å²) in [7, 11) is 0. The summed E-state index contributed by atoms with van der Waals surface area (Å²) in [6, 6.07) is 8.90. The van der Waals surface area contributed by atoms with Crippen LogP contribution in [0.2, 0.25) is 0 Å². The van der Waals surface area contributed by atoms with Crippen molar-refractivity contribution in [3.63, 3.8) is 0 Å². The van der Waals surface area contributed by atoms with Crippen molar-refractivity contribution in [3.8, 4) is 5.75 Å². The summed E-state index contributed by atoms with van der Waals surface area (Å²) in [5.74, 6) is -0.238. The molecule has 0 aliphatic carbocycles. The summed E-state index contributed by atoms with van der Waals surface area (Å²) in [4.78, 5) is 11.6. The summed E-state index contributed by atoms with van der Waals surface area (Å²) in [5, 5.41) is 9.00. The summed E-state index contributed by atoms with van der Waals surface area (Å²) in [6.45, 7) is 1.82. The Bertz CT molecular complexity index is 295. The van der Waals surface area contributed by atoms with E-state index in [1.54, 1.807) is 24.3 Å². The minimum absolute atomic E-state index is 0.153. The number of hydrogen-bond donors (Lipinski definition) is 1. The van der Waals surface area contributed by atoms with E-state index >= 15 is 0 Å². The average Bonchev–Trinajstić information content (AvgIpc) is 2.27. The van der Waals surface area contributed by atoms with Crippen molar-refractivity contribution in [1.29, 1.82) is 0 Å². The van der Waals surface area contributed by atoms with Crippen molar-refractivity contribution >= 4 is 5.97 Å². The largest absolute Gasteiger partial charge is 0.426 e. The maximum absolute atomic E-state index is 11.6. The zero-order valence-electron chi connectivity index (χ0n) is 8.85. The molecule has 1 atom stereocenters.